The van der Waals surface area contributed by atoms with Crippen molar-refractivity contribution in [1.82, 2.24) is 10.6 Å². The topological polar surface area (TPSA) is 58.2 Å². The first-order valence-corrected chi connectivity index (χ1v) is 9.47. The normalized spacial score (nSPS) is 22.9. The monoisotopic (exact) mass is 386 g/mol. The second-order valence-corrected chi connectivity index (χ2v) is 8.40. The van der Waals surface area contributed by atoms with E-state index in [0.29, 0.717) is 4.88 Å². The van der Waals surface area contributed by atoms with Gasteiger partial charge in [0.2, 0.25) is 5.91 Å². The van der Waals surface area contributed by atoms with Gasteiger partial charge in [-0.1, -0.05) is 13.3 Å². The second-order valence-electron chi connectivity index (χ2n) is 5.93. The Labute approximate surface area is 144 Å². The van der Waals surface area contributed by atoms with E-state index in [4.69, 9.17) is 0 Å². The Morgan fingerprint density at radius 3 is 2.55 bits per heavy atom. The minimum atomic E-state index is -0.516. The lowest BCUT2D eigenvalue weighted by Gasteiger charge is -2.29. The number of halogens is 1. The predicted molar refractivity (Wildman–Crippen MR) is 93.1 cm³/mol. The Kier molecular flexibility index (Phi) is 6.44. The number of carbonyl (C=O) groups is 2. The molecule has 0 spiro atoms. The molecule has 1 unspecified atom stereocenters. The van der Waals surface area contributed by atoms with E-state index < -0.39 is 6.04 Å². The number of thiophene rings is 1. The molecular formula is C16H23BrN2O2S. The highest BCUT2D eigenvalue weighted by Gasteiger charge is 2.24. The third-order valence-corrected chi connectivity index (χ3v) is 5.93. The molecule has 1 aliphatic carbocycles. The van der Waals surface area contributed by atoms with Gasteiger partial charge in [-0.3, -0.25) is 9.59 Å². The zero-order valence-electron chi connectivity index (χ0n) is 13.0. The summed E-state index contributed by atoms with van der Waals surface area (Å²) in [6.45, 7) is 3.96. The fraction of sp³-hybridized carbons (Fsp3) is 0.625. The number of rotatable bonds is 5. The molecule has 1 aromatic heterocycles. The van der Waals surface area contributed by atoms with Crippen LogP contribution in [0.15, 0.2) is 15.9 Å². The molecule has 1 aromatic rings. The molecule has 2 N–H and O–H groups in total. The average Bonchev–Trinajstić information content (AvgIpc) is 2.94. The quantitative estimate of drug-likeness (QED) is 0.809. The van der Waals surface area contributed by atoms with Crippen molar-refractivity contribution in [3.05, 3.63) is 20.8 Å². The standard InChI is InChI=1S/C16H23BrN2O2S/c1-3-11-4-6-12(7-5-11)19-15(20)10(2)18-16(21)13-8-9-14(17)22-13/h8-12H,3-7H2,1-2H3,(H,18,21)(H,19,20). The van der Waals surface area contributed by atoms with Crippen molar-refractivity contribution in [3.8, 4) is 0 Å². The van der Waals surface area contributed by atoms with Gasteiger partial charge in [0.1, 0.15) is 6.04 Å². The number of carbonyl (C=O) groups excluding carboxylic acids is 2. The van der Waals surface area contributed by atoms with Crippen LogP contribution in [0.4, 0.5) is 0 Å². The zero-order chi connectivity index (χ0) is 16.1. The summed E-state index contributed by atoms with van der Waals surface area (Å²) in [6.07, 6.45) is 5.69. The molecule has 0 aliphatic heterocycles. The minimum absolute atomic E-state index is 0.0936. The van der Waals surface area contributed by atoms with E-state index in [-0.39, 0.29) is 17.9 Å². The molecule has 22 heavy (non-hydrogen) atoms. The Morgan fingerprint density at radius 2 is 2.00 bits per heavy atom. The molecule has 0 bridgehead atoms. The largest absolute Gasteiger partial charge is 0.352 e. The third kappa shape index (κ3) is 4.81. The van der Waals surface area contributed by atoms with Gasteiger partial charge in [0.05, 0.1) is 8.66 Å². The molecule has 0 aromatic carbocycles. The molecule has 1 atom stereocenters. The first-order valence-electron chi connectivity index (χ1n) is 7.86. The molecule has 0 radical (unpaired) electrons. The van der Waals surface area contributed by atoms with Crippen molar-refractivity contribution in [2.45, 2.75) is 58.0 Å². The van der Waals surface area contributed by atoms with Gasteiger partial charge < -0.3 is 10.6 Å². The maximum atomic E-state index is 12.2. The van der Waals surface area contributed by atoms with Gasteiger partial charge in [0.25, 0.3) is 5.91 Å². The van der Waals surface area contributed by atoms with Crippen LogP contribution in [0.1, 0.15) is 55.6 Å². The number of hydrogen-bond donors (Lipinski definition) is 2. The van der Waals surface area contributed by atoms with Crippen molar-refractivity contribution in [2.75, 3.05) is 0 Å². The Balaban J connectivity index is 1.78. The third-order valence-electron chi connectivity index (χ3n) is 4.31. The van der Waals surface area contributed by atoms with Crippen LogP contribution in [0.25, 0.3) is 0 Å². The highest BCUT2D eigenvalue weighted by Crippen LogP contribution is 2.26. The molecule has 2 rings (SSSR count). The Morgan fingerprint density at radius 1 is 1.32 bits per heavy atom. The summed E-state index contributed by atoms with van der Waals surface area (Å²) in [5, 5.41) is 5.82. The van der Waals surface area contributed by atoms with Gasteiger partial charge in [-0.15, -0.1) is 11.3 Å². The predicted octanol–water partition coefficient (Wildman–Crippen LogP) is 3.71. The van der Waals surface area contributed by atoms with E-state index in [1.54, 1.807) is 13.0 Å². The van der Waals surface area contributed by atoms with Gasteiger partial charge in [0, 0.05) is 6.04 Å². The summed E-state index contributed by atoms with van der Waals surface area (Å²) in [4.78, 5) is 24.9. The molecule has 4 nitrogen and oxygen atoms in total. The first-order chi connectivity index (χ1) is 10.5. The summed E-state index contributed by atoms with van der Waals surface area (Å²) in [7, 11) is 0. The fourth-order valence-corrected chi connectivity index (χ4v) is 4.10. The van der Waals surface area contributed by atoms with Crippen molar-refractivity contribution >= 4 is 39.1 Å². The zero-order valence-corrected chi connectivity index (χ0v) is 15.4. The van der Waals surface area contributed by atoms with Crippen molar-refractivity contribution in [2.24, 2.45) is 5.92 Å². The fourth-order valence-electron chi connectivity index (χ4n) is 2.81. The minimum Gasteiger partial charge on any atom is -0.352 e. The summed E-state index contributed by atoms with van der Waals surface area (Å²) in [6, 6.07) is 3.32. The van der Waals surface area contributed by atoms with Crippen LogP contribution in [0, 0.1) is 5.92 Å². The van der Waals surface area contributed by atoms with E-state index >= 15 is 0 Å². The molecule has 1 saturated carbocycles. The van der Waals surface area contributed by atoms with Crippen molar-refractivity contribution in [1.29, 1.82) is 0 Å². The molecule has 1 heterocycles. The van der Waals surface area contributed by atoms with Crippen LogP contribution < -0.4 is 10.6 Å². The van der Waals surface area contributed by atoms with Crippen LogP contribution in [0.3, 0.4) is 0 Å². The number of nitrogens with one attached hydrogen (secondary N) is 2. The van der Waals surface area contributed by atoms with Crippen LogP contribution in [-0.4, -0.2) is 23.9 Å². The van der Waals surface area contributed by atoms with Crippen LogP contribution in [0.2, 0.25) is 0 Å². The average molecular weight is 387 g/mol. The lowest BCUT2D eigenvalue weighted by Crippen LogP contribution is -2.48. The summed E-state index contributed by atoms with van der Waals surface area (Å²) >= 11 is 4.69. The van der Waals surface area contributed by atoms with Gasteiger partial charge >= 0.3 is 0 Å². The van der Waals surface area contributed by atoms with Crippen molar-refractivity contribution in [3.63, 3.8) is 0 Å². The molecule has 0 saturated heterocycles. The first kappa shape index (κ1) is 17.5. The summed E-state index contributed by atoms with van der Waals surface area (Å²) < 4.78 is 0.905. The Bertz CT molecular complexity index is 524. The van der Waals surface area contributed by atoms with E-state index in [0.717, 1.165) is 22.5 Å². The molecule has 1 aliphatic rings. The maximum absolute atomic E-state index is 12.2. The summed E-state index contributed by atoms with van der Waals surface area (Å²) in [5.74, 6) is 0.513. The second kappa shape index (κ2) is 8.11. The number of hydrogen-bond acceptors (Lipinski definition) is 3. The lowest BCUT2D eigenvalue weighted by atomic mass is 9.84. The highest BCUT2D eigenvalue weighted by atomic mass is 79.9. The summed E-state index contributed by atoms with van der Waals surface area (Å²) in [5.41, 5.74) is 0. The van der Waals surface area contributed by atoms with Crippen LogP contribution >= 0.6 is 27.3 Å². The SMILES string of the molecule is CCC1CCC(NC(=O)C(C)NC(=O)c2ccc(Br)s2)CC1. The van der Waals surface area contributed by atoms with Gasteiger partial charge in [-0.25, -0.2) is 0 Å². The van der Waals surface area contributed by atoms with E-state index in [9.17, 15) is 9.59 Å². The number of amides is 2. The van der Waals surface area contributed by atoms with Gasteiger partial charge in [-0.05, 0) is 66.6 Å². The van der Waals surface area contributed by atoms with E-state index in [1.165, 1.54) is 30.6 Å². The smallest absolute Gasteiger partial charge is 0.262 e. The van der Waals surface area contributed by atoms with Crippen LogP contribution in [0.5, 0.6) is 0 Å². The molecule has 6 heteroatoms. The van der Waals surface area contributed by atoms with Gasteiger partial charge in [-0.2, -0.15) is 0 Å². The highest BCUT2D eigenvalue weighted by molar-refractivity contribution is 9.11. The van der Waals surface area contributed by atoms with Crippen molar-refractivity contribution < 1.29 is 9.59 Å². The molecule has 1 fully saturated rings. The van der Waals surface area contributed by atoms with Crippen LogP contribution in [-0.2, 0) is 4.79 Å². The maximum Gasteiger partial charge on any atom is 0.262 e. The lowest BCUT2D eigenvalue weighted by molar-refractivity contribution is -0.123. The molecule has 122 valence electrons. The van der Waals surface area contributed by atoms with Gasteiger partial charge in [0.15, 0.2) is 0 Å². The molecular weight excluding hydrogens is 364 g/mol. The van der Waals surface area contributed by atoms with E-state index in [1.807, 2.05) is 6.07 Å². The Hall–Kier alpha value is -0.880. The molecule has 2 amide bonds. The van der Waals surface area contributed by atoms with E-state index in [2.05, 4.69) is 33.5 Å².